The Hall–Kier alpha value is -3.22. The van der Waals surface area contributed by atoms with Crippen LogP contribution in [0, 0.1) is 0 Å². The molecule has 1 aromatic carbocycles. The van der Waals surface area contributed by atoms with Crippen LogP contribution >= 0.6 is 0 Å². The van der Waals surface area contributed by atoms with Gasteiger partial charge in [-0.2, -0.15) is 9.97 Å². The van der Waals surface area contributed by atoms with Crippen LogP contribution in [0.1, 0.15) is 12.7 Å². The fourth-order valence-electron chi connectivity index (χ4n) is 2.19. The van der Waals surface area contributed by atoms with Crippen molar-refractivity contribution >= 4 is 17.3 Å². The molecule has 0 aliphatic rings. The van der Waals surface area contributed by atoms with E-state index in [0.717, 1.165) is 17.2 Å². The summed E-state index contributed by atoms with van der Waals surface area (Å²) >= 11 is 0. The summed E-state index contributed by atoms with van der Waals surface area (Å²) in [6.45, 7) is 2.91. The number of anilines is 3. The maximum Gasteiger partial charge on any atom is 0.320 e. The Morgan fingerprint density at radius 3 is 2.56 bits per heavy atom. The Balaban J connectivity index is 1.76. The van der Waals surface area contributed by atoms with Gasteiger partial charge in [-0.15, -0.1) is 0 Å². The van der Waals surface area contributed by atoms with E-state index in [0.29, 0.717) is 30.8 Å². The van der Waals surface area contributed by atoms with Gasteiger partial charge >= 0.3 is 6.01 Å². The van der Waals surface area contributed by atoms with E-state index in [-0.39, 0.29) is 0 Å². The van der Waals surface area contributed by atoms with Crippen LogP contribution in [0.2, 0.25) is 0 Å². The monoisotopic (exact) mass is 340 g/mol. The molecule has 0 saturated heterocycles. The highest BCUT2D eigenvalue weighted by Crippen LogP contribution is 2.22. The second-order valence-electron chi connectivity index (χ2n) is 5.14. The minimum atomic E-state index is 0.308. The summed E-state index contributed by atoms with van der Waals surface area (Å²) < 4.78 is 15.9. The molecule has 0 radical (unpaired) electrons. The third-order valence-corrected chi connectivity index (χ3v) is 3.37. The molecule has 2 aromatic heterocycles. The second kappa shape index (κ2) is 8.05. The van der Waals surface area contributed by atoms with E-state index in [1.54, 1.807) is 13.4 Å². The summed E-state index contributed by atoms with van der Waals surface area (Å²) in [5, 5.41) is 6.44. The molecular weight excluding hydrogens is 320 g/mol. The fraction of sp³-hybridized carbons (Fsp3) is 0.222. The number of aromatic nitrogens is 2. The van der Waals surface area contributed by atoms with Gasteiger partial charge in [0.15, 0.2) is 0 Å². The van der Waals surface area contributed by atoms with Crippen molar-refractivity contribution in [2.45, 2.75) is 13.5 Å². The molecule has 0 spiro atoms. The summed E-state index contributed by atoms with van der Waals surface area (Å²) in [6, 6.07) is 13.5. The van der Waals surface area contributed by atoms with Crippen molar-refractivity contribution in [3.8, 4) is 11.8 Å². The van der Waals surface area contributed by atoms with E-state index in [4.69, 9.17) is 13.9 Å². The van der Waals surface area contributed by atoms with Crippen LogP contribution in [0.5, 0.6) is 11.8 Å². The van der Waals surface area contributed by atoms with Crippen molar-refractivity contribution in [1.29, 1.82) is 0 Å². The summed E-state index contributed by atoms with van der Waals surface area (Å²) in [5.74, 6) is 2.89. The SMILES string of the molecule is CCOc1nc(NCc2ccco2)cc(Nc2ccc(OC)cc2)n1. The van der Waals surface area contributed by atoms with Gasteiger partial charge in [-0.3, -0.25) is 0 Å². The van der Waals surface area contributed by atoms with Crippen molar-refractivity contribution < 1.29 is 13.9 Å². The van der Waals surface area contributed by atoms with Crippen LogP contribution in [-0.4, -0.2) is 23.7 Å². The molecule has 25 heavy (non-hydrogen) atoms. The first-order valence-corrected chi connectivity index (χ1v) is 7.96. The lowest BCUT2D eigenvalue weighted by Gasteiger charge is -2.11. The first kappa shape index (κ1) is 16.6. The van der Waals surface area contributed by atoms with Crippen molar-refractivity contribution in [2.75, 3.05) is 24.4 Å². The van der Waals surface area contributed by atoms with Crippen LogP contribution in [0.15, 0.2) is 53.1 Å². The summed E-state index contributed by atoms with van der Waals surface area (Å²) in [6.07, 6.45) is 1.64. The zero-order valence-electron chi connectivity index (χ0n) is 14.2. The first-order chi connectivity index (χ1) is 12.3. The highest BCUT2D eigenvalue weighted by atomic mass is 16.5. The zero-order chi connectivity index (χ0) is 17.5. The second-order valence-corrected chi connectivity index (χ2v) is 5.14. The quantitative estimate of drug-likeness (QED) is 0.645. The number of nitrogens with zero attached hydrogens (tertiary/aromatic N) is 2. The molecule has 0 aliphatic heterocycles. The third-order valence-electron chi connectivity index (χ3n) is 3.37. The van der Waals surface area contributed by atoms with Crippen LogP contribution < -0.4 is 20.1 Å². The van der Waals surface area contributed by atoms with Crippen molar-refractivity contribution in [2.24, 2.45) is 0 Å². The molecule has 130 valence electrons. The molecule has 2 heterocycles. The lowest BCUT2D eigenvalue weighted by molar-refractivity contribution is 0.313. The molecule has 2 N–H and O–H groups in total. The number of methoxy groups -OCH3 is 1. The Kier molecular flexibility index (Phi) is 5.36. The summed E-state index contributed by atoms with van der Waals surface area (Å²) in [4.78, 5) is 8.71. The Bertz CT molecular complexity index is 789. The predicted octanol–water partition coefficient (Wildman–Crippen LogP) is 3.83. The number of rotatable bonds is 8. The maximum absolute atomic E-state index is 5.45. The van der Waals surface area contributed by atoms with E-state index in [9.17, 15) is 0 Å². The molecule has 7 nitrogen and oxygen atoms in total. The van der Waals surface area contributed by atoms with Crippen molar-refractivity contribution in [3.05, 3.63) is 54.5 Å². The molecule has 0 aliphatic carbocycles. The maximum atomic E-state index is 5.45. The summed E-state index contributed by atoms with van der Waals surface area (Å²) in [7, 11) is 1.64. The normalized spacial score (nSPS) is 10.3. The molecule has 0 saturated carbocycles. The third kappa shape index (κ3) is 4.63. The molecule has 0 atom stereocenters. The van der Waals surface area contributed by atoms with Crippen molar-refractivity contribution in [1.82, 2.24) is 9.97 Å². The number of nitrogens with one attached hydrogen (secondary N) is 2. The van der Waals surface area contributed by atoms with Crippen LogP contribution in [0.25, 0.3) is 0 Å². The Labute approximate surface area is 146 Å². The topological polar surface area (TPSA) is 81.4 Å². The minimum absolute atomic E-state index is 0.308. The zero-order valence-corrected chi connectivity index (χ0v) is 14.2. The molecule has 0 fully saturated rings. The number of furan rings is 1. The first-order valence-electron chi connectivity index (χ1n) is 7.96. The number of ether oxygens (including phenoxy) is 2. The molecule has 3 aromatic rings. The number of hydrogen-bond acceptors (Lipinski definition) is 7. The molecule has 0 bridgehead atoms. The average molecular weight is 340 g/mol. The van der Waals surface area contributed by atoms with E-state index in [2.05, 4.69) is 20.6 Å². The molecule has 3 rings (SSSR count). The molecule has 0 amide bonds. The van der Waals surface area contributed by atoms with Crippen LogP contribution in [0.4, 0.5) is 17.3 Å². The van der Waals surface area contributed by atoms with Gasteiger partial charge in [-0.25, -0.2) is 0 Å². The van der Waals surface area contributed by atoms with Gasteiger partial charge in [0, 0.05) is 11.8 Å². The molecule has 7 heteroatoms. The van der Waals surface area contributed by atoms with Gasteiger partial charge < -0.3 is 24.5 Å². The highest BCUT2D eigenvalue weighted by Gasteiger charge is 2.07. The average Bonchev–Trinajstić information content (AvgIpc) is 3.14. The fourth-order valence-corrected chi connectivity index (χ4v) is 2.19. The van der Waals surface area contributed by atoms with E-state index in [1.165, 1.54) is 0 Å². The molecular formula is C18H20N4O3. The van der Waals surface area contributed by atoms with Gasteiger partial charge in [0.25, 0.3) is 0 Å². The van der Waals surface area contributed by atoms with Crippen LogP contribution in [-0.2, 0) is 6.54 Å². The largest absolute Gasteiger partial charge is 0.497 e. The van der Waals surface area contributed by atoms with Gasteiger partial charge in [0.2, 0.25) is 0 Å². The van der Waals surface area contributed by atoms with E-state index < -0.39 is 0 Å². The van der Waals surface area contributed by atoms with E-state index in [1.807, 2.05) is 49.4 Å². The smallest absolute Gasteiger partial charge is 0.320 e. The minimum Gasteiger partial charge on any atom is -0.497 e. The van der Waals surface area contributed by atoms with Gasteiger partial charge in [0.05, 0.1) is 26.5 Å². The summed E-state index contributed by atoms with van der Waals surface area (Å²) in [5.41, 5.74) is 0.888. The standard InChI is InChI=1S/C18H20N4O3/c1-3-24-18-21-16(19-12-15-5-4-10-25-15)11-17(22-18)20-13-6-8-14(23-2)9-7-13/h4-11H,3,12H2,1-2H3,(H2,19,20,21,22). The number of hydrogen-bond donors (Lipinski definition) is 2. The Morgan fingerprint density at radius 2 is 1.88 bits per heavy atom. The van der Waals surface area contributed by atoms with Gasteiger partial charge in [-0.1, -0.05) is 0 Å². The predicted molar refractivity (Wildman–Crippen MR) is 95.5 cm³/mol. The van der Waals surface area contributed by atoms with Gasteiger partial charge in [-0.05, 0) is 43.3 Å². The Morgan fingerprint density at radius 1 is 1.08 bits per heavy atom. The van der Waals surface area contributed by atoms with Crippen molar-refractivity contribution in [3.63, 3.8) is 0 Å². The van der Waals surface area contributed by atoms with E-state index >= 15 is 0 Å². The molecule has 0 unspecified atom stereocenters. The lowest BCUT2D eigenvalue weighted by atomic mass is 10.3. The lowest BCUT2D eigenvalue weighted by Crippen LogP contribution is -2.06. The highest BCUT2D eigenvalue weighted by molar-refractivity contribution is 5.60. The number of benzene rings is 1. The van der Waals surface area contributed by atoms with Gasteiger partial charge in [0.1, 0.15) is 23.1 Å². The van der Waals surface area contributed by atoms with Crippen LogP contribution in [0.3, 0.4) is 0 Å².